The van der Waals surface area contributed by atoms with Crippen molar-refractivity contribution in [3.63, 3.8) is 0 Å². The Labute approximate surface area is 98.0 Å². The zero-order chi connectivity index (χ0) is 12.3. The van der Waals surface area contributed by atoms with Gasteiger partial charge in [0.1, 0.15) is 5.54 Å². The minimum atomic E-state index is -0.814. The quantitative estimate of drug-likeness (QED) is 0.741. The number of likely N-dealkylation sites (tertiary alicyclic amines) is 1. The molecule has 0 amide bonds. The average molecular weight is 228 g/mol. The van der Waals surface area contributed by atoms with Gasteiger partial charge in [-0.05, 0) is 46.6 Å². The summed E-state index contributed by atoms with van der Waals surface area (Å²) in [5.41, 5.74) is -0.814. The molecular weight excluding hydrogens is 204 g/mol. The molecule has 1 rings (SSSR count). The lowest BCUT2D eigenvalue weighted by atomic mass is 10.0. The van der Waals surface area contributed by atoms with Crippen molar-refractivity contribution >= 4 is 5.97 Å². The van der Waals surface area contributed by atoms with Crippen LogP contribution in [0.5, 0.6) is 0 Å². The van der Waals surface area contributed by atoms with Crippen LogP contribution in [0.25, 0.3) is 0 Å². The average Bonchev–Trinajstić information content (AvgIpc) is 2.63. The Bertz CT molecular complexity index is 251. The molecule has 0 aromatic carbocycles. The van der Waals surface area contributed by atoms with Crippen LogP contribution in [0.2, 0.25) is 0 Å². The van der Waals surface area contributed by atoms with E-state index in [1.165, 1.54) is 6.42 Å². The maximum Gasteiger partial charge on any atom is 0.323 e. The van der Waals surface area contributed by atoms with Gasteiger partial charge in [0, 0.05) is 19.1 Å². The van der Waals surface area contributed by atoms with Gasteiger partial charge < -0.3 is 15.3 Å². The zero-order valence-corrected chi connectivity index (χ0v) is 10.8. The Morgan fingerprint density at radius 1 is 1.56 bits per heavy atom. The van der Waals surface area contributed by atoms with Gasteiger partial charge in [0.05, 0.1) is 0 Å². The molecule has 1 atom stereocenters. The highest BCUT2D eigenvalue weighted by atomic mass is 16.4. The van der Waals surface area contributed by atoms with Crippen molar-refractivity contribution in [3.8, 4) is 0 Å². The summed E-state index contributed by atoms with van der Waals surface area (Å²) >= 11 is 0. The maximum atomic E-state index is 10.9. The lowest BCUT2D eigenvalue weighted by Gasteiger charge is -2.24. The molecule has 4 nitrogen and oxygen atoms in total. The third-order valence-corrected chi connectivity index (χ3v) is 3.41. The number of carboxylic acid groups (broad SMARTS) is 1. The van der Waals surface area contributed by atoms with Crippen LogP contribution >= 0.6 is 0 Å². The Balaban J connectivity index is 2.33. The molecule has 16 heavy (non-hydrogen) atoms. The molecule has 0 aliphatic carbocycles. The third kappa shape index (κ3) is 3.46. The van der Waals surface area contributed by atoms with Crippen molar-refractivity contribution in [2.45, 2.75) is 45.7 Å². The highest BCUT2D eigenvalue weighted by molar-refractivity contribution is 5.77. The molecule has 94 valence electrons. The lowest BCUT2D eigenvalue weighted by Crippen LogP contribution is -2.48. The molecule has 0 saturated carbocycles. The zero-order valence-electron chi connectivity index (χ0n) is 10.8. The van der Waals surface area contributed by atoms with E-state index in [0.29, 0.717) is 12.0 Å². The van der Waals surface area contributed by atoms with E-state index in [-0.39, 0.29) is 0 Å². The van der Waals surface area contributed by atoms with Gasteiger partial charge in [-0.3, -0.25) is 4.79 Å². The molecule has 0 spiro atoms. The number of hydrogen-bond acceptors (Lipinski definition) is 3. The summed E-state index contributed by atoms with van der Waals surface area (Å²) in [6.45, 7) is 10.9. The van der Waals surface area contributed by atoms with E-state index in [2.05, 4.69) is 24.1 Å². The highest BCUT2D eigenvalue weighted by Gasteiger charge is 2.29. The van der Waals surface area contributed by atoms with E-state index in [4.69, 9.17) is 5.11 Å². The van der Waals surface area contributed by atoms with Crippen LogP contribution in [-0.4, -0.2) is 47.2 Å². The van der Waals surface area contributed by atoms with E-state index >= 15 is 0 Å². The molecule has 0 radical (unpaired) electrons. The molecule has 1 aliphatic heterocycles. The van der Waals surface area contributed by atoms with E-state index in [0.717, 1.165) is 19.6 Å². The number of carboxylic acids is 1. The Morgan fingerprint density at radius 3 is 2.62 bits per heavy atom. The Morgan fingerprint density at radius 2 is 2.19 bits per heavy atom. The number of aliphatic carboxylic acids is 1. The summed E-state index contributed by atoms with van der Waals surface area (Å²) in [6, 6.07) is 0.595. The minimum Gasteiger partial charge on any atom is -0.480 e. The molecular formula is C12H24N2O2. The number of hydrogen-bond donors (Lipinski definition) is 2. The van der Waals surface area contributed by atoms with Crippen molar-refractivity contribution in [2.24, 2.45) is 5.92 Å². The van der Waals surface area contributed by atoms with Crippen LogP contribution in [-0.2, 0) is 4.79 Å². The number of nitrogens with one attached hydrogen (secondary N) is 1. The van der Waals surface area contributed by atoms with Gasteiger partial charge in [-0.1, -0.05) is 0 Å². The standard InChI is InChI=1S/C12H24N2O2/c1-9(2)14-6-5-10(8-14)7-13-12(3,4)11(15)16/h9-10,13H,5-8H2,1-4H3,(H,15,16). The number of carbonyl (C=O) groups is 1. The SMILES string of the molecule is CC(C)N1CCC(CNC(C)(C)C(=O)O)C1. The first-order valence-electron chi connectivity index (χ1n) is 6.05. The van der Waals surface area contributed by atoms with Crippen molar-refractivity contribution in [1.29, 1.82) is 0 Å². The molecule has 0 bridgehead atoms. The minimum absolute atomic E-state index is 0.584. The summed E-state index contributed by atoms with van der Waals surface area (Å²) in [5.74, 6) is -0.202. The molecule has 1 aliphatic rings. The van der Waals surface area contributed by atoms with Crippen LogP contribution < -0.4 is 5.32 Å². The summed E-state index contributed by atoms with van der Waals surface area (Å²) in [4.78, 5) is 13.4. The Kier molecular flexibility index (Phi) is 4.33. The largest absolute Gasteiger partial charge is 0.480 e. The predicted octanol–water partition coefficient (Wildman–Crippen LogP) is 1.17. The first kappa shape index (κ1) is 13.5. The normalized spacial score (nSPS) is 22.9. The topological polar surface area (TPSA) is 52.6 Å². The molecule has 4 heteroatoms. The second-order valence-corrected chi connectivity index (χ2v) is 5.55. The van der Waals surface area contributed by atoms with E-state index in [1.807, 2.05) is 0 Å². The molecule has 0 aromatic rings. The van der Waals surface area contributed by atoms with Gasteiger partial charge in [0.25, 0.3) is 0 Å². The smallest absolute Gasteiger partial charge is 0.323 e. The predicted molar refractivity (Wildman–Crippen MR) is 64.5 cm³/mol. The van der Waals surface area contributed by atoms with Crippen molar-refractivity contribution in [2.75, 3.05) is 19.6 Å². The van der Waals surface area contributed by atoms with Gasteiger partial charge in [0.2, 0.25) is 0 Å². The van der Waals surface area contributed by atoms with E-state index in [1.54, 1.807) is 13.8 Å². The first-order chi connectivity index (χ1) is 7.33. The maximum absolute atomic E-state index is 10.9. The molecule has 1 unspecified atom stereocenters. The number of rotatable bonds is 5. The van der Waals surface area contributed by atoms with Crippen LogP contribution in [0.1, 0.15) is 34.1 Å². The fraction of sp³-hybridized carbons (Fsp3) is 0.917. The van der Waals surface area contributed by atoms with Gasteiger partial charge in [0.15, 0.2) is 0 Å². The van der Waals surface area contributed by atoms with Gasteiger partial charge in [-0.15, -0.1) is 0 Å². The van der Waals surface area contributed by atoms with E-state index < -0.39 is 11.5 Å². The highest BCUT2D eigenvalue weighted by Crippen LogP contribution is 2.18. The van der Waals surface area contributed by atoms with Crippen molar-refractivity contribution in [3.05, 3.63) is 0 Å². The third-order valence-electron chi connectivity index (χ3n) is 3.41. The fourth-order valence-corrected chi connectivity index (χ4v) is 1.97. The molecule has 0 aromatic heterocycles. The summed E-state index contributed by atoms with van der Waals surface area (Å²) in [5, 5.41) is 12.1. The lowest BCUT2D eigenvalue weighted by molar-refractivity contribution is -0.143. The number of nitrogens with zero attached hydrogens (tertiary/aromatic N) is 1. The monoisotopic (exact) mass is 228 g/mol. The fourth-order valence-electron chi connectivity index (χ4n) is 1.97. The summed E-state index contributed by atoms with van der Waals surface area (Å²) in [7, 11) is 0. The molecule has 1 heterocycles. The molecule has 1 fully saturated rings. The van der Waals surface area contributed by atoms with Gasteiger partial charge >= 0.3 is 5.97 Å². The summed E-state index contributed by atoms with van der Waals surface area (Å²) < 4.78 is 0. The molecule has 2 N–H and O–H groups in total. The van der Waals surface area contributed by atoms with Crippen LogP contribution in [0.3, 0.4) is 0 Å². The Hall–Kier alpha value is -0.610. The second kappa shape index (κ2) is 5.15. The van der Waals surface area contributed by atoms with Crippen LogP contribution in [0.4, 0.5) is 0 Å². The summed E-state index contributed by atoms with van der Waals surface area (Å²) in [6.07, 6.45) is 1.17. The van der Waals surface area contributed by atoms with Gasteiger partial charge in [-0.25, -0.2) is 0 Å². The first-order valence-corrected chi connectivity index (χ1v) is 6.05. The molecule has 1 saturated heterocycles. The van der Waals surface area contributed by atoms with E-state index in [9.17, 15) is 4.79 Å². The van der Waals surface area contributed by atoms with Crippen molar-refractivity contribution in [1.82, 2.24) is 10.2 Å². The van der Waals surface area contributed by atoms with Crippen molar-refractivity contribution < 1.29 is 9.90 Å². The second-order valence-electron chi connectivity index (χ2n) is 5.55. The van der Waals surface area contributed by atoms with Crippen LogP contribution in [0, 0.1) is 5.92 Å². The van der Waals surface area contributed by atoms with Gasteiger partial charge in [-0.2, -0.15) is 0 Å². The van der Waals surface area contributed by atoms with Crippen LogP contribution in [0.15, 0.2) is 0 Å².